The van der Waals surface area contributed by atoms with Crippen LogP contribution in [-0.2, 0) is 19.1 Å². The molecule has 0 fully saturated rings. The van der Waals surface area contributed by atoms with Crippen molar-refractivity contribution >= 4 is 11.9 Å². The van der Waals surface area contributed by atoms with E-state index in [4.69, 9.17) is 14.6 Å². The lowest BCUT2D eigenvalue weighted by atomic mass is 9.99. The van der Waals surface area contributed by atoms with Crippen LogP contribution >= 0.6 is 0 Å². The van der Waals surface area contributed by atoms with Gasteiger partial charge in [0.05, 0.1) is 25.7 Å². The molecule has 1 aromatic carbocycles. The molecule has 6 nitrogen and oxygen atoms in total. The standard InChI is InChI=1S/C15H21NO5/c1-11-5-3-4-6-12(11)13(9-15(18)19)16-14(17)10-21-8-7-20-2/h3-6,13H,7-10H2,1-2H3,(H,16,17)(H,18,19). The topological polar surface area (TPSA) is 84.9 Å². The van der Waals surface area contributed by atoms with Crippen LogP contribution in [0.25, 0.3) is 0 Å². The molecule has 0 saturated carbocycles. The van der Waals surface area contributed by atoms with Crippen LogP contribution < -0.4 is 5.32 Å². The van der Waals surface area contributed by atoms with Crippen molar-refractivity contribution < 1.29 is 24.2 Å². The summed E-state index contributed by atoms with van der Waals surface area (Å²) in [4.78, 5) is 22.8. The number of ether oxygens (including phenoxy) is 2. The maximum atomic E-state index is 11.8. The van der Waals surface area contributed by atoms with E-state index in [0.29, 0.717) is 13.2 Å². The van der Waals surface area contributed by atoms with Crippen molar-refractivity contribution in [3.05, 3.63) is 35.4 Å². The number of carbonyl (C=O) groups is 2. The Labute approximate surface area is 124 Å². The van der Waals surface area contributed by atoms with Gasteiger partial charge in [0.25, 0.3) is 0 Å². The molecule has 0 aliphatic heterocycles. The summed E-state index contributed by atoms with van der Waals surface area (Å²) in [6, 6.07) is 6.81. The summed E-state index contributed by atoms with van der Waals surface area (Å²) in [7, 11) is 1.55. The van der Waals surface area contributed by atoms with Crippen molar-refractivity contribution in [2.45, 2.75) is 19.4 Å². The predicted molar refractivity (Wildman–Crippen MR) is 77.0 cm³/mol. The first-order valence-corrected chi connectivity index (χ1v) is 6.68. The van der Waals surface area contributed by atoms with E-state index in [-0.39, 0.29) is 18.9 Å². The van der Waals surface area contributed by atoms with Crippen molar-refractivity contribution in [3.8, 4) is 0 Å². The highest BCUT2D eigenvalue weighted by atomic mass is 16.5. The van der Waals surface area contributed by atoms with E-state index in [1.54, 1.807) is 7.11 Å². The quantitative estimate of drug-likeness (QED) is 0.671. The number of hydrogen-bond acceptors (Lipinski definition) is 4. The van der Waals surface area contributed by atoms with E-state index >= 15 is 0 Å². The number of carboxylic acid groups (broad SMARTS) is 1. The van der Waals surface area contributed by atoms with Crippen LogP contribution in [0.3, 0.4) is 0 Å². The molecule has 1 atom stereocenters. The number of carboxylic acids is 1. The average Bonchev–Trinajstić information content (AvgIpc) is 2.43. The van der Waals surface area contributed by atoms with Crippen molar-refractivity contribution in [1.29, 1.82) is 0 Å². The number of hydrogen-bond donors (Lipinski definition) is 2. The number of carbonyl (C=O) groups excluding carboxylic acids is 1. The zero-order valence-electron chi connectivity index (χ0n) is 12.3. The average molecular weight is 295 g/mol. The Morgan fingerprint density at radius 3 is 2.62 bits per heavy atom. The van der Waals surface area contributed by atoms with Gasteiger partial charge in [-0.25, -0.2) is 0 Å². The molecule has 21 heavy (non-hydrogen) atoms. The molecular formula is C15H21NO5. The van der Waals surface area contributed by atoms with E-state index in [0.717, 1.165) is 11.1 Å². The first-order chi connectivity index (χ1) is 10.0. The summed E-state index contributed by atoms with van der Waals surface area (Å²) in [6.45, 7) is 2.48. The summed E-state index contributed by atoms with van der Waals surface area (Å²) in [5.74, 6) is -1.32. The SMILES string of the molecule is COCCOCC(=O)NC(CC(=O)O)c1ccccc1C. The van der Waals surface area contributed by atoms with Crippen LogP contribution in [0.1, 0.15) is 23.6 Å². The minimum absolute atomic E-state index is 0.120. The second-order valence-electron chi connectivity index (χ2n) is 4.62. The van der Waals surface area contributed by atoms with Gasteiger partial charge >= 0.3 is 5.97 Å². The molecule has 1 aromatic rings. The lowest BCUT2D eigenvalue weighted by Crippen LogP contribution is -2.33. The number of amides is 1. The number of aryl methyl sites for hydroxylation is 1. The van der Waals surface area contributed by atoms with Gasteiger partial charge in [-0.05, 0) is 18.1 Å². The van der Waals surface area contributed by atoms with E-state index in [9.17, 15) is 9.59 Å². The third kappa shape index (κ3) is 6.37. The van der Waals surface area contributed by atoms with E-state index in [1.165, 1.54) is 0 Å². The smallest absolute Gasteiger partial charge is 0.305 e. The van der Waals surface area contributed by atoms with Gasteiger partial charge < -0.3 is 19.9 Å². The molecule has 6 heteroatoms. The highest BCUT2D eigenvalue weighted by Crippen LogP contribution is 2.20. The monoisotopic (exact) mass is 295 g/mol. The zero-order chi connectivity index (χ0) is 15.7. The highest BCUT2D eigenvalue weighted by Gasteiger charge is 2.19. The van der Waals surface area contributed by atoms with Crippen molar-refractivity contribution in [2.75, 3.05) is 26.9 Å². The van der Waals surface area contributed by atoms with Gasteiger partial charge in [0.2, 0.25) is 5.91 Å². The fourth-order valence-corrected chi connectivity index (χ4v) is 1.93. The molecule has 0 aliphatic carbocycles. The second kappa shape index (κ2) is 9.10. The van der Waals surface area contributed by atoms with Gasteiger partial charge in [0.15, 0.2) is 0 Å². The minimum Gasteiger partial charge on any atom is -0.481 e. The maximum Gasteiger partial charge on any atom is 0.305 e. The highest BCUT2D eigenvalue weighted by molar-refractivity contribution is 5.79. The first kappa shape index (κ1) is 17.1. The molecule has 1 unspecified atom stereocenters. The lowest BCUT2D eigenvalue weighted by molar-refractivity contribution is -0.138. The van der Waals surface area contributed by atoms with E-state index in [1.807, 2.05) is 31.2 Å². The number of nitrogens with one attached hydrogen (secondary N) is 1. The van der Waals surface area contributed by atoms with E-state index in [2.05, 4.69) is 5.32 Å². The van der Waals surface area contributed by atoms with E-state index < -0.39 is 12.0 Å². The third-order valence-electron chi connectivity index (χ3n) is 2.94. The third-order valence-corrected chi connectivity index (χ3v) is 2.94. The molecule has 0 radical (unpaired) electrons. The Morgan fingerprint density at radius 2 is 2.00 bits per heavy atom. The van der Waals surface area contributed by atoms with Crippen LogP contribution in [0.4, 0.5) is 0 Å². The summed E-state index contributed by atoms with van der Waals surface area (Å²) < 4.78 is 9.93. The van der Waals surface area contributed by atoms with Crippen molar-refractivity contribution in [3.63, 3.8) is 0 Å². The zero-order valence-corrected chi connectivity index (χ0v) is 12.3. The van der Waals surface area contributed by atoms with Gasteiger partial charge in [-0.3, -0.25) is 9.59 Å². The summed E-state index contributed by atoms with van der Waals surface area (Å²) in [6.07, 6.45) is -0.172. The van der Waals surface area contributed by atoms with Crippen LogP contribution in [0.15, 0.2) is 24.3 Å². The molecule has 0 bridgehead atoms. The molecule has 116 valence electrons. The van der Waals surface area contributed by atoms with Gasteiger partial charge in [0, 0.05) is 7.11 Å². The number of benzene rings is 1. The summed E-state index contributed by atoms with van der Waals surface area (Å²) in [5.41, 5.74) is 1.73. The molecule has 0 aromatic heterocycles. The summed E-state index contributed by atoms with van der Waals surface area (Å²) >= 11 is 0. The van der Waals surface area contributed by atoms with Gasteiger partial charge in [0.1, 0.15) is 6.61 Å². The minimum atomic E-state index is -0.969. The Balaban J connectivity index is 2.64. The molecule has 1 amide bonds. The fourth-order valence-electron chi connectivity index (χ4n) is 1.93. The number of methoxy groups -OCH3 is 1. The Hall–Kier alpha value is -1.92. The van der Waals surface area contributed by atoms with Crippen molar-refractivity contribution in [2.24, 2.45) is 0 Å². The number of rotatable bonds is 9. The predicted octanol–water partition coefficient (Wildman–Crippen LogP) is 1.29. The van der Waals surface area contributed by atoms with Gasteiger partial charge in [-0.2, -0.15) is 0 Å². The van der Waals surface area contributed by atoms with Crippen LogP contribution in [0.5, 0.6) is 0 Å². The Bertz CT molecular complexity index is 475. The Kier molecular flexibility index (Phi) is 7.42. The maximum absolute atomic E-state index is 11.8. The molecule has 0 saturated heterocycles. The van der Waals surface area contributed by atoms with Gasteiger partial charge in [-0.15, -0.1) is 0 Å². The fraction of sp³-hybridized carbons (Fsp3) is 0.467. The normalized spacial score (nSPS) is 11.9. The Morgan fingerprint density at radius 1 is 1.29 bits per heavy atom. The van der Waals surface area contributed by atoms with Crippen LogP contribution in [0, 0.1) is 6.92 Å². The molecule has 0 heterocycles. The summed E-state index contributed by atoms with van der Waals surface area (Å²) in [5, 5.41) is 11.7. The molecule has 1 rings (SSSR count). The molecule has 0 aliphatic rings. The molecular weight excluding hydrogens is 274 g/mol. The van der Waals surface area contributed by atoms with Crippen LogP contribution in [-0.4, -0.2) is 43.9 Å². The first-order valence-electron chi connectivity index (χ1n) is 6.68. The number of aliphatic carboxylic acids is 1. The second-order valence-corrected chi connectivity index (χ2v) is 4.62. The lowest BCUT2D eigenvalue weighted by Gasteiger charge is -2.19. The van der Waals surface area contributed by atoms with Gasteiger partial charge in [-0.1, -0.05) is 24.3 Å². The molecule has 2 N–H and O–H groups in total. The van der Waals surface area contributed by atoms with Crippen LogP contribution in [0.2, 0.25) is 0 Å². The largest absolute Gasteiger partial charge is 0.481 e. The molecule has 0 spiro atoms. The van der Waals surface area contributed by atoms with Crippen molar-refractivity contribution in [1.82, 2.24) is 5.32 Å².